The highest BCUT2D eigenvalue weighted by atomic mass is 16.7. The number of carbonyl (C=O) groups excluding carboxylic acids is 2. The van der Waals surface area contributed by atoms with E-state index in [1.165, 1.54) is 0 Å². The minimum absolute atomic E-state index is 0.0472. The molecule has 0 aliphatic carbocycles. The number of benzene rings is 5. The van der Waals surface area contributed by atoms with Crippen LogP contribution < -0.4 is 0 Å². The summed E-state index contributed by atoms with van der Waals surface area (Å²) < 4.78 is 52.4. The standard InChI is InChI=1S/C52H59N3O10/c1-35-45(34-61-49(56)41-21-10-5-11-22-41)62-51(37(3)46(35)60-32-39-26-27-40-20-14-15-25-43(40)30-39)65-47-36(2)44(33-58-31-38-18-8-4-9-19-38)63-52(59-29-17-7-16-28-54-55-53)48(47)64-50(57)42-23-12-6-13-24-42/h4-6,8-15,18-27,30,35-37,44-48,51-52H,7,16-17,28-29,31-34H2,1-3H3/t35?,36-,37?,44?,45?,46?,47-,48?,51?,52+/m0/s1. The molecule has 65 heavy (non-hydrogen) atoms. The highest BCUT2D eigenvalue weighted by molar-refractivity contribution is 5.90. The number of hydrogen-bond donors (Lipinski definition) is 0. The van der Waals surface area contributed by atoms with Crippen molar-refractivity contribution in [1.29, 1.82) is 0 Å². The maximum Gasteiger partial charge on any atom is 0.338 e. The van der Waals surface area contributed by atoms with Gasteiger partial charge in [-0.2, -0.15) is 0 Å². The van der Waals surface area contributed by atoms with Crippen molar-refractivity contribution in [2.45, 2.75) is 96.3 Å². The van der Waals surface area contributed by atoms with Crippen LogP contribution in [0.3, 0.4) is 0 Å². The van der Waals surface area contributed by atoms with E-state index in [0.29, 0.717) is 43.7 Å². The molecule has 0 aromatic heterocycles. The molecule has 0 bridgehead atoms. The second kappa shape index (κ2) is 24.1. The topological polar surface area (TPSA) is 157 Å². The Balaban J connectivity index is 1.16. The number of nitrogens with zero attached hydrogens (tertiary/aromatic N) is 3. The number of fused-ring (bicyclic) bond motifs is 1. The maximum absolute atomic E-state index is 13.9. The van der Waals surface area contributed by atoms with Gasteiger partial charge in [-0.3, -0.25) is 0 Å². The van der Waals surface area contributed by atoms with Gasteiger partial charge in [0.1, 0.15) is 12.7 Å². The molecule has 7 unspecified atom stereocenters. The average Bonchev–Trinajstić information content (AvgIpc) is 3.34. The van der Waals surface area contributed by atoms with Gasteiger partial charge in [0.2, 0.25) is 0 Å². The van der Waals surface area contributed by atoms with Crippen LogP contribution in [0.4, 0.5) is 0 Å². The number of carbonyl (C=O) groups is 2. The molecule has 13 nitrogen and oxygen atoms in total. The maximum atomic E-state index is 13.9. The van der Waals surface area contributed by atoms with Gasteiger partial charge in [-0.15, -0.1) is 0 Å². The SMILES string of the molecule is CC1C(COC(=O)c2ccccc2)OC(O[C@@H]2C(OC(=O)c3ccccc3)[C@H](OCCCCCN=[N+]=[N-])OC(COCc3ccccc3)[C@@H]2C)C(C)C1OCc1ccc2ccccc2c1. The third-order valence-electron chi connectivity index (χ3n) is 12.2. The van der Waals surface area contributed by atoms with E-state index in [0.717, 1.165) is 28.3 Å². The minimum Gasteiger partial charge on any atom is -0.459 e. The molecule has 5 aromatic rings. The summed E-state index contributed by atoms with van der Waals surface area (Å²) in [5.41, 5.74) is 11.5. The van der Waals surface area contributed by atoms with Crippen molar-refractivity contribution in [2.75, 3.05) is 26.4 Å². The first-order valence-electron chi connectivity index (χ1n) is 22.6. The number of azide groups is 1. The van der Waals surface area contributed by atoms with E-state index in [4.69, 9.17) is 43.4 Å². The lowest BCUT2D eigenvalue weighted by Gasteiger charge is -2.49. The molecular weight excluding hydrogens is 827 g/mol. The van der Waals surface area contributed by atoms with Crippen molar-refractivity contribution in [2.24, 2.45) is 22.9 Å². The molecule has 5 aromatic carbocycles. The quantitative estimate of drug-likeness (QED) is 0.0228. The van der Waals surface area contributed by atoms with Gasteiger partial charge < -0.3 is 37.9 Å². The van der Waals surface area contributed by atoms with Gasteiger partial charge in [0.25, 0.3) is 0 Å². The van der Waals surface area contributed by atoms with Gasteiger partial charge in [0.05, 0.1) is 49.3 Å². The summed E-state index contributed by atoms with van der Waals surface area (Å²) in [4.78, 5) is 30.0. The zero-order valence-corrected chi connectivity index (χ0v) is 37.3. The summed E-state index contributed by atoms with van der Waals surface area (Å²) in [6, 6.07) is 42.0. The Morgan fingerprint density at radius 3 is 1.95 bits per heavy atom. The van der Waals surface area contributed by atoms with Crippen molar-refractivity contribution >= 4 is 22.7 Å². The molecule has 2 aliphatic heterocycles. The lowest BCUT2D eigenvalue weighted by Crippen LogP contribution is -2.61. The fourth-order valence-corrected chi connectivity index (χ4v) is 8.43. The Morgan fingerprint density at radius 2 is 1.23 bits per heavy atom. The number of ether oxygens (including phenoxy) is 8. The summed E-state index contributed by atoms with van der Waals surface area (Å²) in [5, 5.41) is 5.90. The van der Waals surface area contributed by atoms with Crippen molar-refractivity contribution in [1.82, 2.24) is 0 Å². The fourth-order valence-electron chi connectivity index (χ4n) is 8.43. The van der Waals surface area contributed by atoms with Crippen LogP contribution in [0.2, 0.25) is 0 Å². The molecule has 13 heteroatoms. The molecule has 7 rings (SSSR count). The average molecular weight is 886 g/mol. The molecule has 2 heterocycles. The van der Waals surface area contributed by atoms with E-state index < -0.39 is 61.0 Å². The number of unbranched alkanes of at least 4 members (excludes halogenated alkanes) is 2. The van der Waals surface area contributed by atoms with Crippen molar-refractivity contribution in [3.8, 4) is 0 Å². The van der Waals surface area contributed by atoms with Crippen molar-refractivity contribution in [3.63, 3.8) is 0 Å². The van der Waals surface area contributed by atoms with E-state index in [2.05, 4.69) is 40.4 Å². The molecule has 342 valence electrons. The minimum atomic E-state index is -1.04. The van der Waals surface area contributed by atoms with E-state index in [9.17, 15) is 9.59 Å². The van der Waals surface area contributed by atoms with Gasteiger partial charge in [-0.05, 0) is 70.6 Å². The van der Waals surface area contributed by atoms with E-state index in [1.54, 1.807) is 48.5 Å². The summed E-state index contributed by atoms with van der Waals surface area (Å²) in [6.07, 6.45) is -3.23. The van der Waals surface area contributed by atoms with Crippen LogP contribution in [0.1, 0.15) is 71.9 Å². The van der Waals surface area contributed by atoms with Crippen LogP contribution in [0, 0.1) is 17.8 Å². The molecule has 2 aliphatic rings. The van der Waals surface area contributed by atoms with Crippen LogP contribution in [0.25, 0.3) is 21.2 Å². The smallest absolute Gasteiger partial charge is 0.338 e. The Kier molecular flexibility index (Phi) is 17.5. The molecule has 0 spiro atoms. The van der Waals surface area contributed by atoms with Crippen molar-refractivity contribution in [3.05, 3.63) is 166 Å². The molecular formula is C52H59N3O10. The molecule has 0 radical (unpaired) electrons. The van der Waals surface area contributed by atoms with E-state index >= 15 is 0 Å². The third kappa shape index (κ3) is 13.0. The number of rotatable bonds is 21. The largest absolute Gasteiger partial charge is 0.459 e. The normalized spacial score (nSPS) is 25.3. The van der Waals surface area contributed by atoms with Gasteiger partial charge in [0.15, 0.2) is 18.7 Å². The van der Waals surface area contributed by atoms with Crippen molar-refractivity contribution < 1.29 is 47.5 Å². The Labute approximate surface area is 380 Å². The Bertz CT molecular complexity index is 2300. The van der Waals surface area contributed by atoms with Crippen LogP contribution in [0.5, 0.6) is 0 Å². The fraction of sp³-hybridized carbons (Fsp3) is 0.423. The van der Waals surface area contributed by atoms with Gasteiger partial charge in [-0.1, -0.05) is 135 Å². The molecule has 2 fully saturated rings. The first-order chi connectivity index (χ1) is 31.8. The van der Waals surface area contributed by atoms with Gasteiger partial charge in [-0.25, -0.2) is 9.59 Å². The van der Waals surface area contributed by atoms with Crippen LogP contribution in [-0.2, 0) is 51.1 Å². The molecule has 0 amide bonds. The zero-order chi connectivity index (χ0) is 45.4. The van der Waals surface area contributed by atoms with E-state index in [1.807, 2.05) is 75.4 Å². The number of esters is 2. The highest BCUT2D eigenvalue weighted by Crippen LogP contribution is 2.39. The molecule has 2 saturated heterocycles. The zero-order valence-electron chi connectivity index (χ0n) is 37.3. The lowest BCUT2D eigenvalue weighted by atomic mass is 9.85. The summed E-state index contributed by atoms with van der Waals surface area (Å²) in [5.74, 6) is -1.98. The van der Waals surface area contributed by atoms with Crippen LogP contribution in [0.15, 0.2) is 139 Å². The third-order valence-corrected chi connectivity index (χ3v) is 12.2. The van der Waals surface area contributed by atoms with Crippen LogP contribution >= 0.6 is 0 Å². The summed E-state index contributed by atoms with van der Waals surface area (Å²) in [7, 11) is 0. The van der Waals surface area contributed by atoms with Gasteiger partial charge >= 0.3 is 11.9 Å². The Hall–Kier alpha value is -5.63. The summed E-state index contributed by atoms with van der Waals surface area (Å²) >= 11 is 0. The molecule has 0 N–H and O–H groups in total. The van der Waals surface area contributed by atoms with Gasteiger partial charge in [0, 0.05) is 35.8 Å². The highest BCUT2D eigenvalue weighted by Gasteiger charge is 2.51. The monoisotopic (exact) mass is 885 g/mol. The lowest BCUT2D eigenvalue weighted by molar-refractivity contribution is -0.343. The number of hydrogen-bond acceptors (Lipinski definition) is 11. The Morgan fingerprint density at radius 1 is 0.600 bits per heavy atom. The molecule has 10 atom stereocenters. The first-order valence-corrected chi connectivity index (χ1v) is 22.6. The predicted molar refractivity (Wildman–Crippen MR) is 244 cm³/mol. The second-order valence-corrected chi connectivity index (χ2v) is 16.8. The molecule has 0 saturated carbocycles. The van der Waals surface area contributed by atoms with E-state index in [-0.39, 0.29) is 31.7 Å². The van der Waals surface area contributed by atoms with Crippen LogP contribution in [-0.4, -0.2) is 81.4 Å². The first kappa shape index (κ1) is 47.3. The second-order valence-electron chi connectivity index (χ2n) is 16.8. The summed E-state index contributed by atoms with van der Waals surface area (Å²) in [6.45, 7) is 7.57. The predicted octanol–water partition coefficient (Wildman–Crippen LogP) is 10.3.